The van der Waals surface area contributed by atoms with Crippen molar-refractivity contribution >= 4 is 34.2 Å². The van der Waals surface area contributed by atoms with Crippen LogP contribution in [0.2, 0.25) is 5.02 Å². The van der Waals surface area contributed by atoms with Crippen LogP contribution in [0, 0.1) is 6.92 Å². The molecule has 2 heterocycles. The van der Waals surface area contributed by atoms with E-state index in [4.69, 9.17) is 23.2 Å². The number of pyridine rings is 1. The normalized spacial score (nSPS) is 11.2. The lowest BCUT2D eigenvalue weighted by Gasteiger charge is -2.09. The topological polar surface area (TPSA) is 30.7 Å². The summed E-state index contributed by atoms with van der Waals surface area (Å²) in [5, 5.41) is 0.681. The van der Waals surface area contributed by atoms with E-state index in [1.165, 1.54) is 5.56 Å². The van der Waals surface area contributed by atoms with Crippen molar-refractivity contribution in [2.45, 2.75) is 19.3 Å². The smallest absolute Gasteiger partial charge is 0.125 e. The van der Waals surface area contributed by atoms with Gasteiger partial charge in [0.05, 0.1) is 23.5 Å². The molecule has 0 spiro atoms. The van der Waals surface area contributed by atoms with Gasteiger partial charge in [0, 0.05) is 17.4 Å². The van der Waals surface area contributed by atoms with E-state index in [1.54, 1.807) is 6.20 Å². The van der Waals surface area contributed by atoms with Gasteiger partial charge in [0.2, 0.25) is 0 Å². The monoisotopic (exact) mass is 305 g/mol. The van der Waals surface area contributed by atoms with Gasteiger partial charge >= 0.3 is 0 Å². The molecule has 20 heavy (non-hydrogen) atoms. The highest BCUT2D eigenvalue weighted by Gasteiger charge is 2.11. The van der Waals surface area contributed by atoms with E-state index in [0.717, 1.165) is 22.4 Å². The highest BCUT2D eigenvalue weighted by atomic mass is 35.5. The van der Waals surface area contributed by atoms with Gasteiger partial charge in [0.1, 0.15) is 5.82 Å². The summed E-state index contributed by atoms with van der Waals surface area (Å²) in [5.74, 6) is 1.21. The van der Waals surface area contributed by atoms with Crippen molar-refractivity contribution in [3.05, 3.63) is 58.6 Å². The highest BCUT2D eigenvalue weighted by molar-refractivity contribution is 6.31. The Morgan fingerprint density at radius 2 is 2.10 bits per heavy atom. The first kappa shape index (κ1) is 13.4. The second-order valence-electron chi connectivity index (χ2n) is 4.68. The van der Waals surface area contributed by atoms with E-state index in [1.807, 2.05) is 30.5 Å². The second-order valence-corrected chi connectivity index (χ2v) is 5.39. The van der Waals surface area contributed by atoms with Crippen molar-refractivity contribution in [2.24, 2.45) is 0 Å². The summed E-state index contributed by atoms with van der Waals surface area (Å²) in [6.07, 6.45) is 3.68. The summed E-state index contributed by atoms with van der Waals surface area (Å²) in [6, 6.07) is 7.72. The largest absolute Gasteiger partial charge is 0.322 e. The molecule has 0 saturated carbocycles. The molecular formula is C15H13Cl2N3. The molecule has 1 aromatic carbocycles. The molecule has 5 heteroatoms. The minimum absolute atomic E-state index is 0.367. The van der Waals surface area contributed by atoms with Crippen molar-refractivity contribution in [3.8, 4) is 0 Å². The van der Waals surface area contributed by atoms with Gasteiger partial charge in [-0.05, 0) is 42.3 Å². The number of imidazole rings is 1. The van der Waals surface area contributed by atoms with Crippen molar-refractivity contribution in [1.29, 1.82) is 0 Å². The molecule has 2 aromatic heterocycles. The highest BCUT2D eigenvalue weighted by Crippen LogP contribution is 2.23. The standard InChI is InChI=1S/C15H13Cl2N3/c1-10-4-5-18-8-11(10)9-20-14-3-2-12(17)6-13(14)19-15(20)7-16/h2-6,8H,7,9H2,1H3. The van der Waals surface area contributed by atoms with Crippen molar-refractivity contribution in [3.63, 3.8) is 0 Å². The zero-order valence-electron chi connectivity index (χ0n) is 11.0. The molecule has 0 aliphatic heterocycles. The molecule has 0 atom stereocenters. The molecule has 0 N–H and O–H groups in total. The van der Waals surface area contributed by atoms with E-state index >= 15 is 0 Å². The van der Waals surface area contributed by atoms with Gasteiger partial charge in [0.25, 0.3) is 0 Å². The van der Waals surface area contributed by atoms with Gasteiger partial charge in [0.15, 0.2) is 0 Å². The lowest BCUT2D eigenvalue weighted by Crippen LogP contribution is -2.05. The molecule has 0 radical (unpaired) electrons. The fraction of sp³-hybridized carbons (Fsp3) is 0.200. The summed E-state index contributed by atoms with van der Waals surface area (Å²) < 4.78 is 2.11. The molecule has 102 valence electrons. The van der Waals surface area contributed by atoms with Crippen LogP contribution in [0.3, 0.4) is 0 Å². The summed E-state index contributed by atoms with van der Waals surface area (Å²) in [5.41, 5.74) is 4.27. The molecule has 3 aromatic rings. The zero-order valence-corrected chi connectivity index (χ0v) is 12.5. The fourth-order valence-electron chi connectivity index (χ4n) is 2.26. The number of rotatable bonds is 3. The number of alkyl halides is 1. The predicted molar refractivity (Wildman–Crippen MR) is 82.4 cm³/mol. The summed E-state index contributed by atoms with van der Waals surface area (Å²) in [6.45, 7) is 2.78. The number of hydrogen-bond donors (Lipinski definition) is 0. The summed E-state index contributed by atoms with van der Waals surface area (Å²) in [4.78, 5) is 8.73. The summed E-state index contributed by atoms with van der Waals surface area (Å²) in [7, 11) is 0. The van der Waals surface area contributed by atoms with Crippen LogP contribution in [0.15, 0.2) is 36.7 Å². The van der Waals surface area contributed by atoms with Crippen LogP contribution >= 0.6 is 23.2 Å². The van der Waals surface area contributed by atoms with Gasteiger partial charge < -0.3 is 4.57 Å². The van der Waals surface area contributed by atoms with Crippen molar-refractivity contribution in [1.82, 2.24) is 14.5 Å². The number of fused-ring (bicyclic) bond motifs is 1. The van der Waals surface area contributed by atoms with Crippen LogP contribution in [0.1, 0.15) is 17.0 Å². The first-order valence-corrected chi connectivity index (χ1v) is 7.20. The first-order chi connectivity index (χ1) is 9.69. The molecule has 0 bridgehead atoms. The van der Waals surface area contributed by atoms with Crippen LogP contribution < -0.4 is 0 Å². The Labute approximate surface area is 127 Å². The van der Waals surface area contributed by atoms with Crippen LogP contribution in [0.5, 0.6) is 0 Å². The van der Waals surface area contributed by atoms with Gasteiger partial charge in [-0.3, -0.25) is 4.98 Å². The maximum atomic E-state index is 6.02. The SMILES string of the molecule is Cc1ccncc1Cn1c(CCl)nc2cc(Cl)ccc21. The Bertz CT molecular complexity index is 765. The molecule has 3 rings (SSSR count). The Kier molecular flexibility index (Phi) is 3.64. The Morgan fingerprint density at radius 1 is 1.25 bits per heavy atom. The quantitative estimate of drug-likeness (QED) is 0.680. The lowest BCUT2D eigenvalue weighted by molar-refractivity contribution is 0.771. The Hall–Kier alpha value is -1.58. The lowest BCUT2D eigenvalue weighted by atomic mass is 10.1. The molecular weight excluding hydrogens is 293 g/mol. The predicted octanol–water partition coefficient (Wildman–Crippen LogP) is 4.18. The van der Waals surface area contributed by atoms with Gasteiger partial charge in [-0.2, -0.15) is 0 Å². The van der Waals surface area contributed by atoms with Crippen LogP contribution in [0.4, 0.5) is 0 Å². The van der Waals surface area contributed by atoms with Gasteiger partial charge in [-0.25, -0.2) is 4.98 Å². The third-order valence-corrected chi connectivity index (χ3v) is 3.86. The second kappa shape index (κ2) is 5.43. The third-order valence-electron chi connectivity index (χ3n) is 3.38. The molecule has 0 fully saturated rings. The van der Waals surface area contributed by atoms with Crippen molar-refractivity contribution in [2.75, 3.05) is 0 Å². The minimum atomic E-state index is 0.367. The Balaban J connectivity index is 2.12. The number of benzene rings is 1. The molecule has 0 saturated heterocycles. The number of hydrogen-bond acceptors (Lipinski definition) is 2. The Morgan fingerprint density at radius 3 is 2.85 bits per heavy atom. The maximum absolute atomic E-state index is 6.02. The first-order valence-electron chi connectivity index (χ1n) is 6.29. The van der Waals surface area contributed by atoms with E-state index in [9.17, 15) is 0 Å². The average molecular weight is 306 g/mol. The molecule has 0 amide bonds. The van der Waals surface area contributed by atoms with Gasteiger partial charge in [-0.1, -0.05) is 11.6 Å². The zero-order chi connectivity index (χ0) is 14.1. The van der Waals surface area contributed by atoms with E-state index in [-0.39, 0.29) is 0 Å². The van der Waals surface area contributed by atoms with E-state index < -0.39 is 0 Å². The number of aromatic nitrogens is 3. The van der Waals surface area contributed by atoms with E-state index in [2.05, 4.69) is 21.5 Å². The third kappa shape index (κ3) is 2.39. The number of nitrogens with zero attached hydrogens (tertiary/aromatic N) is 3. The molecule has 3 nitrogen and oxygen atoms in total. The van der Waals surface area contributed by atoms with Gasteiger partial charge in [-0.15, -0.1) is 11.6 Å². The van der Waals surface area contributed by atoms with E-state index in [0.29, 0.717) is 17.4 Å². The summed E-state index contributed by atoms with van der Waals surface area (Å²) >= 11 is 12.0. The van der Waals surface area contributed by atoms with Crippen molar-refractivity contribution < 1.29 is 0 Å². The molecule has 0 aliphatic carbocycles. The van der Waals surface area contributed by atoms with Crippen LogP contribution in [-0.4, -0.2) is 14.5 Å². The van der Waals surface area contributed by atoms with Crippen LogP contribution in [-0.2, 0) is 12.4 Å². The number of aryl methyl sites for hydroxylation is 1. The van der Waals surface area contributed by atoms with Crippen LogP contribution in [0.25, 0.3) is 11.0 Å². The fourth-order valence-corrected chi connectivity index (χ4v) is 2.63. The minimum Gasteiger partial charge on any atom is -0.322 e. The number of halogens is 2. The molecule has 0 aliphatic rings. The maximum Gasteiger partial charge on any atom is 0.125 e. The molecule has 0 unspecified atom stereocenters. The average Bonchev–Trinajstić information content (AvgIpc) is 2.78.